The van der Waals surface area contributed by atoms with Crippen LogP contribution >= 0.6 is 23.2 Å². The summed E-state index contributed by atoms with van der Waals surface area (Å²) in [6, 6.07) is 4.45. The van der Waals surface area contributed by atoms with Crippen LogP contribution in [0.15, 0.2) is 18.2 Å². The summed E-state index contributed by atoms with van der Waals surface area (Å²) in [5.74, 6) is -1.46. The van der Waals surface area contributed by atoms with Crippen LogP contribution < -0.4 is 5.32 Å². The summed E-state index contributed by atoms with van der Waals surface area (Å²) in [4.78, 5) is 23.5. The molecular formula is C13H13Cl2NO3. The molecule has 1 aliphatic carbocycles. The predicted octanol–water partition coefficient (Wildman–Crippen LogP) is 3.12. The maximum Gasteiger partial charge on any atom is 0.329 e. The van der Waals surface area contributed by atoms with Crippen molar-refractivity contribution < 1.29 is 14.7 Å². The summed E-state index contributed by atoms with van der Waals surface area (Å²) in [5, 5.41) is 12.6. The lowest BCUT2D eigenvalue weighted by Gasteiger charge is -2.25. The topological polar surface area (TPSA) is 66.4 Å². The number of hydrogen-bond donors (Lipinski definition) is 2. The van der Waals surface area contributed by atoms with Crippen LogP contribution in [0.25, 0.3) is 0 Å². The van der Waals surface area contributed by atoms with Gasteiger partial charge in [-0.2, -0.15) is 0 Å². The molecule has 0 aliphatic heterocycles. The summed E-state index contributed by atoms with van der Waals surface area (Å²) in [5.41, 5.74) is -0.892. The number of hydrogen-bond acceptors (Lipinski definition) is 2. The highest BCUT2D eigenvalue weighted by Gasteiger charge is 2.42. The van der Waals surface area contributed by atoms with E-state index < -0.39 is 17.4 Å². The molecule has 0 atom stereocenters. The zero-order valence-electron chi connectivity index (χ0n) is 10.1. The Labute approximate surface area is 120 Å². The number of carbonyl (C=O) groups is 2. The van der Waals surface area contributed by atoms with E-state index in [0.717, 1.165) is 12.8 Å². The van der Waals surface area contributed by atoms with Crippen molar-refractivity contribution in [2.24, 2.45) is 0 Å². The second-order valence-electron chi connectivity index (χ2n) is 4.71. The van der Waals surface area contributed by atoms with Crippen molar-refractivity contribution in [1.82, 2.24) is 5.32 Å². The Balaban J connectivity index is 2.22. The van der Waals surface area contributed by atoms with Gasteiger partial charge in [0.15, 0.2) is 0 Å². The number of benzene rings is 1. The van der Waals surface area contributed by atoms with Gasteiger partial charge >= 0.3 is 5.97 Å². The second-order valence-corrected chi connectivity index (χ2v) is 5.58. The first-order chi connectivity index (χ1) is 8.93. The molecule has 6 heteroatoms. The average Bonchev–Trinajstić information content (AvgIpc) is 2.77. The molecule has 0 bridgehead atoms. The average molecular weight is 302 g/mol. The lowest BCUT2D eigenvalue weighted by Crippen LogP contribution is -2.52. The quantitative estimate of drug-likeness (QED) is 0.901. The molecule has 0 radical (unpaired) electrons. The number of amides is 1. The monoisotopic (exact) mass is 301 g/mol. The lowest BCUT2D eigenvalue weighted by molar-refractivity contribution is -0.144. The van der Waals surface area contributed by atoms with Gasteiger partial charge in [0.1, 0.15) is 5.54 Å². The third kappa shape index (κ3) is 3.01. The van der Waals surface area contributed by atoms with E-state index in [4.69, 9.17) is 23.2 Å². The van der Waals surface area contributed by atoms with Crippen molar-refractivity contribution in [2.75, 3.05) is 0 Å². The van der Waals surface area contributed by atoms with Gasteiger partial charge in [0.2, 0.25) is 0 Å². The number of rotatable bonds is 3. The van der Waals surface area contributed by atoms with E-state index >= 15 is 0 Å². The van der Waals surface area contributed by atoms with Gasteiger partial charge < -0.3 is 10.4 Å². The van der Waals surface area contributed by atoms with Crippen molar-refractivity contribution >= 4 is 35.1 Å². The molecule has 1 fully saturated rings. The molecule has 0 unspecified atom stereocenters. The van der Waals surface area contributed by atoms with E-state index in [1.807, 2.05) is 0 Å². The van der Waals surface area contributed by atoms with Crippen molar-refractivity contribution in [3.8, 4) is 0 Å². The molecule has 2 rings (SSSR count). The number of carbonyl (C=O) groups excluding carboxylic acids is 1. The molecule has 4 nitrogen and oxygen atoms in total. The van der Waals surface area contributed by atoms with Crippen molar-refractivity contribution in [2.45, 2.75) is 31.2 Å². The number of halogens is 2. The molecule has 1 amide bonds. The van der Waals surface area contributed by atoms with Gasteiger partial charge in [-0.25, -0.2) is 4.79 Å². The van der Waals surface area contributed by atoms with Crippen LogP contribution in [0.5, 0.6) is 0 Å². The van der Waals surface area contributed by atoms with Crippen molar-refractivity contribution in [3.05, 3.63) is 33.8 Å². The largest absolute Gasteiger partial charge is 0.480 e. The third-order valence-corrected chi connectivity index (χ3v) is 3.78. The second kappa shape index (κ2) is 5.39. The van der Waals surface area contributed by atoms with Crippen LogP contribution in [-0.4, -0.2) is 22.5 Å². The highest BCUT2D eigenvalue weighted by atomic mass is 35.5. The first-order valence-corrected chi connectivity index (χ1v) is 6.70. The third-order valence-electron chi connectivity index (χ3n) is 3.34. The van der Waals surface area contributed by atoms with Crippen LogP contribution in [0.2, 0.25) is 10.0 Å². The van der Waals surface area contributed by atoms with Gasteiger partial charge in [0, 0.05) is 15.6 Å². The van der Waals surface area contributed by atoms with E-state index in [1.165, 1.54) is 18.2 Å². The van der Waals surface area contributed by atoms with Crippen LogP contribution in [0.3, 0.4) is 0 Å². The first kappa shape index (κ1) is 14.2. The Kier molecular flexibility index (Phi) is 4.02. The number of carboxylic acids is 1. The van der Waals surface area contributed by atoms with Crippen LogP contribution in [0.1, 0.15) is 36.0 Å². The van der Waals surface area contributed by atoms with Gasteiger partial charge in [0.05, 0.1) is 0 Å². The minimum Gasteiger partial charge on any atom is -0.480 e. The van der Waals surface area contributed by atoms with Crippen molar-refractivity contribution in [1.29, 1.82) is 0 Å². The van der Waals surface area contributed by atoms with Gasteiger partial charge in [0.25, 0.3) is 5.91 Å². The van der Waals surface area contributed by atoms with E-state index in [-0.39, 0.29) is 5.56 Å². The Morgan fingerprint density at radius 3 is 2.11 bits per heavy atom. The molecular weight excluding hydrogens is 289 g/mol. The minimum atomic E-state index is -1.16. The van der Waals surface area contributed by atoms with Gasteiger partial charge in [-0.1, -0.05) is 36.0 Å². The SMILES string of the molecule is O=C(NC1(C(=O)O)CCCC1)c1cc(Cl)cc(Cl)c1. The molecule has 1 aromatic carbocycles. The number of nitrogens with one attached hydrogen (secondary N) is 1. The fourth-order valence-corrected chi connectivity index (χ4v) is 2.87. The highest BCUT2D eigenvalue weighted by Crippen LogP contribution is 2.30. The smallest absolute Gasteiger partial charge is 0.329 e. The normalized spacial score (nSPS) is 17.2. The summed E-state index contributed by atoms with van der Waals surface area (Å²) in [7, 11) is 0. The Morgan fingerprint density at radius 2 is 1.63 bits per heavy atom. The van der Waals surface area contributed by atoms with E-state index in [9.17, 15) is 14.7 Å². The van der Waals surface area contributed by atoms with E-state index in [1.54, 1.807) is 0 Å². The van der Waals surface area contributed by atoms with E-state index in [2.05, 4.69) is 5.32 Å². The molecule has 19 heavy (non-hydrogen) atoms. The molecule has 102 valence electrons. The van der Waals surface area contributed by atoms with Gasteiger partial charge in [-0.05, 0) is 31.0 Å². The molecule has 2 N–H and O–H groups in total. The standard InChI is InChI=1S/C13H13Cl2NO3/c14-9-5-8(6-10(15)7-9)11(17)16-13(12(18)19)3-1-2-4-13/h5-7H,1-4H2,(H,16,17)(H,18,19). The lowest BCUT2D eigenvalue weighted by atomic mass is 9.97. The molecule has 0 spiro atoms. The van der Waals surface area contributed by atoms with E-state index in [0.29, 0.717) is 22.9 Å². The molecule has 1 aliphatic rings. The minimum absolute atomic E-state index is 0.269. The summed E-state index contributed by atoms with van der Waals surface area (Å²) in [6.45, 7) is 0. The fourth-order valence-electron chi connectivity index (χ4n) is 2.35. The highest BCUT2D eigenvalue weighted by molar-refractivity contribution is 6.35. The zero-order valence-corrected chi connectivity index (χ0v) is 11.6. The first-order valence-electron chi connectivity index (χ1n) is 5.95. The van der Waals surface area contributed by atoms with Gasteiger partial charge in [-0.3, -0.25) is 4.79 Å². The number of aliphatic carboxylic acids is 1. The Morgan fingerprint density at radius 1 is 1.11 bits per heavy atom. The maximum absolute atomic E-state index is 12.1. The molecule has 1 aromatic rings. The van der Waals surface area contributed by atoms with Gasteiger partial charge in [-0.15, -0.1) is 0 Å². The number of carboxylic acid groups (broad SMARTS) is 1. The maximum atomic E-state index is 12.1. The molecule has 1 saturated carbocycles. The summed E-state index contributed by atoms with van der Waals surface area (Å²) < 4.78 is 0. The fraction of sp³-hybridized carbons (Fsp3) is 0.385. The molecule has 0 heterocycles. The van der Waals surface area contributed by atoms with Crippen LogP contribution in [0, 0.1) is 0 Å². The Bertz CT molecular complexity index is 504. The molecule has 0 aromatic heterocycles. The van der Waals surface area contributed by atoms with Crippen LogP contribution in [0.4, 0.5) is 0 Å². The predicted molar refractivity (Wildman–Crippen MR) is 72.8 cm³/mol. The summed E-state index contributed by atoms with van der Waals surface area (Å²) in [6.07, 6.45) is 2.48. The summed E-state index contributed by atoms with van der Waals surface area (Å²) >= 11 is 11.7. The zero-order chi connectivity index (χ0) is 14.0. The van der Waals surface area contributed by atoms with Crippen LogP contribution in [-0.2, 0) is 4.79 Å². The van der Waals surface area contributed by atoms with Crippen molar-refractivity contribution in [3.63, 3.8) is 0 Å². The Hall–Kier alpha value is -1.26. The molecule has 0 saturated heterocycles.